The fourth-order valence-electron chi connectivity index (χ4n) is 8.70. The van der Waals surface area contributed by atoms with Crippen molar-refractivity contribution < 1.29 is 47.9 Å². The Kier molecular flexibility index (Phi) is 23.3. The number of carbonyl (C=O) groups is 10. The second-order valence-electron chi connectivity index (χ2n) is 20.0. The Balaban J connectivity index is 1.54. The third-order valence-electron chi connectivity index (χ3n) is 13.0. The maximum Gasteiger partial charge on any atom is 0.243 e. The van der Waals surface area contributed by atoms with Crippen LogP contribution in [-0.2, 0) is 67.2 Å². The molecule has 0 bridgehead atoms. The van der Waals surface area contributed by atoms with E-state index >= 15 is 0 Å². The summed E-state index contributed by atoms with van der Waals surface area (Å²) in [6.07, 6.45) is 3.67. The van der Waals surface area contributed by atoms with Gasteiger partial charge in [-0.3, -0.25) is 52.9 Å². The predicted molar refractivity (Wildman–Crippen MR) is 291 cm³/mol. The largest absolute Gasteiger partial charge is 0.370 e. The van der Waals surface area contributed by atoms with Crippen LogP contribution in [0.5, 0.6) is 0 Å². The third kappa shape index (κ3) is 19.6. The Hall–Kier alpha value is -8.84. The van der Waals surface area contributed by atoms with E-state index in [0.29, 0.717) is 22.2 Å². The molecule has 17 N–H and O–H groups in total. The lowest BCUT2D eigenvalue weighted by Gasteiger charge is -2.29. The molecule has 10 amide bonds. The van der Waals surface area contributed by atoms with Gasteiger partial charge in [-0.1, -0.05) is 76.2 Å². The Morgan fingerprint density at radius 3 is 1.96 bits per heavy atom. The Morgan fingerprint density at radius 2 is 1.30 bits per heavy atom. The molecule has 26 nitrogen and oxygen atoms in total. The Bertz CT molecular complexity index is 2780. The van der Waals surface area contributed by atoms with Crippen LogP contribution in [0.15, 0.2) is 78.3 Å². The van der Waals surface area contributed by atoms with Crippen molar-refractivity contribution in [3.05, 3.63) is 90.1 Å². The van der Waals surface area contributed by atoms with Crippen molar-refractivity contribution in [1.82, 2.24) is 62.8 Å². The summed E-state index contributed by atoms with van der Waals surface area (Å²) >= 11 is 0. The van der Waals surface area contributed by atoms with Crippen molar-refractivity contribution in [3.8, 4) is 0 Å². The number of guanidine groups is 1. The van der Waals surface area contributed by atoms with Gasteiger partial charge in [0.1, 0.15) is 42.3 Å². The Morgan fingerprint density at radius 1 is 0.684 bits per heavy atom. The smallest absolute Gasteiger partial charge is 0.243 e. The summed E-state index contributed by atoms with van der Waals surface area (Å²) in [6, 6.07) is 6.64. The first-order valence-corrected chi connectivity index (χ1v) is 26.2. The summed E-state index contributed by atoms with van der Waals surface area (Å²) in [7, 11) is 0. The van der Waals surface area contributed by atoms with E-state index in [0.717, 1.165) is 5.52 Å². The highest BCUT2D eigenvalue weighted by atomic mass is 16.2. The molecule has 1 aliphatic rings. The van der Waals surface area contributed by atoms with Crippen LogP contribution in [0.4, 0.5) is 0 Å². The van der Waals surface area contributed by atoms with Crippen molar-refractivity contribution in [1.29, 1.82) is 0 Å². The molecule has 1 saturated heterocycles. The standard InChI is InChI=1S/C53H74N16O10/c1-29(2)44(51(78)61-27-41(54)70)69-52(79)45(30(3)4)68-47(74)37-18-19-42(71)58-20-11-17-43(72)63-40(24-33-26-57-28-62-33)50(77)66-38(22-31-12-6-5-7-13-31)48(75)64-36(16-10-21-59-53(55)56)46(73)67-39(49(76)65-37)23-32-25-60-35-15-9-8-14-34(32)35/h5-9,12-15,25-26,28-30,36-40,44-45,60H,10-11,16-24,27H2,1-4H3,(H2,54,70)(H,57,62)(H,58,71)(H,61,78)(H,63,72)(H,64,75)(H,65,76)(H,66,77)(H,67,73)(H,68,74)(H,69,79)(H4,55,56,59)/t36-,37+,38-,39+,40-,44+,45+/m1/s1. The van der Waals surface area contributed by atoms with Gasteiger partial charge in [0.05, 0.1) is 12.9 Å². The highest BCUT2D eigenvalue weighted by Crippen LogP contribution is 2.20. The van der Waals surface area contributed by atoms with Gasteiger partial charge in [0, 0.05) is 74.2 Å². The number of hydrogen-bond acceptors (Lipinski definition) is 12. The first-order valence-electron chi connectivity index (χ1n) is 26.2. The van der Waals surface area contributed by atoms with Gasteiger partial charge in [-0.25, -0.2) is 4.98 Å². The maximum atomic E-state index is 14.9. The zero-order valence-corrected chi connectivity index (χ0v) is 44.8. The highest BCUT2D eigenvalue weighted by molar-refractivity contribution is 5.99. The molecule has 3 heterocycles. The summed E-state index contributed by atoms with van der Waals surface area (Å²) in [5, 5.41) is 24.9. The van der Waals surface area contributed by atoms with Crippen molar-refractivity contribution in [2.24, 2.45) is 34.0 Å². The van der Waals surface area contributed by atoms with Crippen molar-refractivity contribution >= 4 is 75.9 Å². The van der Waals surface area contributed by atoms with Crippen LogP contribution in [0.3, 0.4) is 0 Å². The van der Waals surface area contributed by atoms with Crippen molar-refractivity contribution in [2.45, 2.75) is 128 Å². The maximum absolute atomic E-state index is 14.9. The fraction of sp³-hybridized carbons (Fsp3) is 0.472. The Labute approximate surface area is 456 Å². The molecule has 2 aromatic carbocycles. The number of nitrogens with one attached hydrogen (secondary N) is 11. The number of para-hydroxylation sites is 1. The van der Waals surface area contributed by atoms with Gasteiger partial charge in [-0.05, 0) is 54.7 Å². The minimum Gasteiger partial charge on any atom is -0.370 e. The monoisotopic (exact) mass is 1090 g/mol. The number of H-pyrrole nitrogens is 2. The number of nitrogens with zero attached hydrogens (tertiary/aromatic N) is 2. The normalized spacial score (nSPS) is 20.1. The molecule has 1 aliphatic heterocycles. The highest BCUT2D eigenvalue weighted by Gasteiger charge is 2.36. The zero-order chi connectivity index (χ0) is 57.6. The number of carbonyl (C=O) groups excluding carboxylic acids is 10. The van der Waals surface area contributed by atoms with Crippen LogP contribution in [0.1, 0.15) is 83.0 Å². The average molecular weight is 1100 g/mol. The van der Waals surface area contributed by atoms with Gasteiger partial charge < -0.3 is 75.0 Å². The predicted octanol–water partition coefficient (Wildman–Crippen LogP) is -2.03. The number of aliphatic imine (C=N–C) groups is 1. The lowest BCUT2D eigenvalue weighted by Crippen LogP contribution is -2.61. The average Bonchev–Trinajstić information content (AvgIpc) is 4.14. The molecular formula is C53H74N16O10. The van der Waals surface area contributed by atoms with E-state index in [-0.39, 0.29) is 76.8 Å². The van der Waals surface area contributed by atoms with Crippen molar-refractivity contribution in [3.63, 3.8) is 0 Å². The zero-order valence-electron chi connectivity index (χ0n) is 44.8. The molecule has 79 heavy (non-hydrogen) atoms. The quantitative estimate of drug-likeness (QED) is 0.0274. The SMILES string of the molecule is CC(C)[C@H](NC(=O)[C@@H]1CCC(=O)NCCCC(=O)N[C@H](Cc2cnc[nH]2)C(=O)N[C@H](Cc2ccccc2)C(=O)N[C@H](CCCN=C(N)N)C(=O)N[C@@H](Cc2c[nH]c3ccccc23)C(=O)N1)C(=O)N[C@H](C(=O)NCC(N)=O)C(C)C. The van der Waals surface area contributed by atoms with Crippen LogP contribution in [0, 0.1) is 11.8 Å². The summed E-state index contributed by atoms with van der Waals surface area (Å²) in [4.78, 5) is 153. The second kappa shape index (κ2) is 30.2. The van der Waals surface area contributed by atoms with Crippen LogP contribution in [-0.4, -0.2) is 142 Å². The van der Waals surface area contributed by atoms with E-state index < -0.39 is 120 Å². The number of aromatic nitrogens is 3. The molecule has 426 valence electrons. The van der Waals surface area contributed by atoms with E-state index in [9.17, 15) is 47.9 Å². The summed E-state index contributed by atoms with van der Waals surface area (Å²) < 4.78 is 0. The number of amides is 10. The number of nitrogens with two attached hydrogens (primary N) is 3. The van der Waals surface area contributed by atoms with E-state index in [2.05, 4.69) is 67.8 Å². The molecule has 0 unspecified atom stereocenters. The first-order chi connectivity index (χ1) is 37.7. The number of benzene rings is 2. The number of primary amides is 1. The van der Waals surface area contributed by atoms with E-state index in [1.807, 2.05) is 18.2 Å². The lowest BCUT2D eigenvalue weighted by atomic mass is 9.98. The molecule has 2 aromatic heterocycles. The molecule has 0 saturated carbocycles. The van der Waals surface area contributed by atoms with E-state index in [4.69, 9.17) is 17.2 Å². The van der Waals surface area contributed by atoms with Gasteiger partial charge in [-0.15, -0.1) is 0 Å². The molecule has 4 aromatic rings. The van der Waals surface area contributed by atoms with Crippen molar-refractivity contribution in [2.75, 3.05) is 19.6 Å². The molecule has 1 fully saturated rings. The van der Waals surface area contributed by atoms with Gasteiger partial charge >= 0.3 is 0 Å². The molecule has 7 atom stereocenters. The number of fused-ring (bicyclic) bond motifs is 1. The number of aromatic amines is 2. The number of rotatable bonds is 19. The van der Waals surface area contributed by atoms with Gasteiger partial charge in [0.15, 0.2) is 5.96 Å². The summed E-state index contributed by atoms with van der Waals surface area (Å²) in [6.45, 7) is 6.17. The van der Waals surface area contributed by atoms with Gasteiger partial charge in [0.25, 0.3) is 0 Å². The molecule has 0 spiro atoms. The lowest BCUT2D eigenvalue weighted by molar-refractivity contribution is -0.136. The second-order valence-corrected chi connectivity index (χ2v) is 20.0. The number of hydrogen-bond donors (Lipinski definition) is 14. The van der Waals surface area contributed by atoms with Gasteiger partial charge in [-0.2, -0.15) is 0 Å². The minimum absolute atomic E-state index is 0.00229. The van der Waals surface area contributed by atoms with Crippen LogP contribution in [0.2, 0.25) is 0 Å². The topological polar surface area (TPSA) is 414 Å². The number of imidazole rings is 1. The molecule has 0 radical (unpaired) electrons. The van der Waals surface area contributed by atoms with Gasteiger partial charge in [0.2, 0.25) is 59.1 Å². The summed E-state index contributed by atoms with van der Waals surface area (Å²) in [5.41, 5.74) is 18.9. The molecular weight excluding hydrogens is 1020 g/mol. The van der Waals surface area contributed by atoms with Crippen LogP contribution < -0.4 is 65.1 Å². The van der Waals surface area contributed by atoms with Crippen LogP contribution >= 0.6 is 0 Å². The molecule has 0 aliphatic carbocycles. The first kappa shape index (κ1) is 61.0. The van der Waals surface area contributed by atoms with E-state index in [1.165, 1.54) is 12.5 Å². The molecule has 5 rings (SSSR count). The summed E-state index contributed by atoms with van der Waals surface area (Å²) in [5.74, 6) is -8.77. The minimum atomic E-state index is -1.53. The fourth-order valence-corrected chi connectivity index (χ4v) is 8.70. The van der Waals surface area contributed by atoms with Crippen LogP contribution in [0.25, 0.3) is 10.9 Å². The third-order valence-corrected chi connectivity index (χ3v) is 13.0. The molecule has 26 heteroatoms. The van der Waals surface area contributed by atoms with E-state index in [1.54, 1.807) is 70.3 Å².